The van der Waals surface area contributed by atoms with E-state index in [0.29, 0.717) is 19.3 Å². The van der Waals surface area contributed by atoms with Crippen LogP contribution in [-0.4, -0.2) is 16.1 Å². The van der Waals surface area contributed by atoms with Crippen LogP contribution in [0.15, 0.2) is 47.9 Å². The molecule has 27 heavy (non-hydrogen) atoms. The van der Waals surface area contributed by atoms with E-state index in [1.54, 1.807) is 24.5 Å². The van der Waals surface area contributed by atoms with Crippen molar-refractivity contribution in [3.05, 3.63) is 68.1 Å². The lowest BCUT2D eigenvalue weighted by Gasteiger charge is -1.96. The highest BCUT2D eigenvalue weighted by atomic mass is 16.6. The monoisotopic (exact) mass is 377 g/mol. The van der Waals surface area contributed by atoms with E-state index in [-0.39, 0.29) is 30.7 Å². The molecule has 0 amide bonds. The molecule has 0 aromatic carbocycles. The van der Waals surface area contributed by atoms with Gasteiger partial charge in [0.05, 0.1) is 22.7 Å². The summed E-state index contributed by atoms with van der Waals surface area (Å²) in [5.41, 5.74) is 0.108. The molecule has 0 aliphatic rings. The molecule has 149 valence electrons. The minimum absolute atomic E-state index is 0.0267. The Morgan fingerprint density at radius 1 is 0.852 bits per heavy atom. The maximum atomic E-state index is 11.1. The number of nitro groups is 2. The molecule has 0 rings (SSSR count). The Morgan fingerprint density at radius 2 is 1.48 bits per heavy atom. The second-order valence-corrected chi connectivity index (χ2v) is 6.02. The van der Waals surface area contributed by atoms with E-state index in [0.717, 1.165) is 19.3 Å². The van der Waals surface area contributed by atoms with Crippen molar-refractivity contribution >= 4 is 6.29 Å². The highest BCUT2D eigenvalue weighted by Crippen LogP contribution is 2.10. The van der Waals surface area contributed by atoms with Gasteiger partial charge in [0.1, 0.15) is 0 Å². The predicted molar refractivity (Wildman–Crippen MR) is 106 cm³/mol. The first-order valence-electron chi connectivity index (χ1n) is 9.34. The number of unbranched alkanes of at least 4 members (excludes halogenated alkanes) is 5. The SMILES string of the molecule is CCCCC/C=C\C/C=C(\C/C=C\C/C(=C\CCC[C]=O)[N+](=O)[O-])[N+](=O)[O-]. The Bertz CT molecular complexity index is 577. The summed E-state index contributed by atoms with van der Waals surface area (Å²) in [6, 6.07) is 0. The molecule has 0 saturated heterocycles. The van der Waals surface area contributed by atoms with Crippen LogP contribution in [0.4, 0.5) is 0 Å². The lowest BCUT2D eigenvalue weighted by Crippen LogP contribution is -1.99. The van der Waals surface area contributed by atoms with Gasteiger partial charge in [-0.05, 0) is 44.3 Å². The third kappa shape index (κ3) is 14.3. The van der Waals surface area contributed by atoms with Gasteiger partial charge in [0.2, 0.25) is 11.4 Å². The van der Waals surface area contributed by atoms with Gasteiger partial charge < -0.3 is 0 Å². The maximum Gasteiger partial charge on any atom is 0.246 e. The molecule has 0 aliphatic heterocycles. The summed E-state index contributed by atoms with van der Waals surface area (Å²) in [5.74, 6) is 0. The molecule has 0 atom stereocenters. The first kappa shape index (κ1) is 24.4. The fraction of sp³-hybridized carbons (Fsp3) is 0.550. The summed E-state index contributed by atoms with van der Waals surface area (Å²) >= 11 is 0. The molecule has 0 heterocycles. The Kier molecular flexibility index (Phi) is 15.3. The molecule has 0 bridgehead atoms. The fourth-order valence-corrected chi connectivity index (χ4v) is 2.25. The number of hydrogen-bond acceptors (Lipinski definition) is 5. The van der Waals surface area contributed by atoms with E-state index in [9.17, 15) is 25.0 Å². The van der Waals surface area contributed by atoms with Crippen LogP contribution in [0.5, 0.6) is 0 Å². The van der Waals surface area contributed by atoms with Crippen molar-refractivity contribution < 1.29 is 14.6 Å². The van der Waals surface area contributed by atoms with E-state index in [1.165, 1.54) is 12.5 Å². The molecule has 7 heteroatoms. The van der Waals surface area contributed by atoms with E-state index in [2.05, 4.69) is 6.92 Å². The highest BCUT2D eigenvalue weighted by molar-refractivity contribution is 5.50. The van der Waals surface area contributed by atoms with Crippen LogP contribution >= 0.6 is 0 Å². The maximum absolute atomic E-state index is 11.1. The van der Waals surface area contributed by atoms with Crippen LogP contribution in [0.25, 0.3) is 0 Å². The van der Waals surface area contributed by atoms with Crippen LogP contribution in [-0.2, 0) is 4.79 Å². The smallest absolute Gasteiger partial charge is 0.246 e. The molecule has 0 N–H and O–H groups in total. The number of hydrogen-bond donors (Lipinski definition) is 0. The van der Waals surface area contributed by atoms with Crippen molar-refractivity contribution in [3.8, 4) is 0 Å². The van der Waals surface area contributed by atoms with E-state index in [4.69, 9.17) is 0 Å². The minimum atomic E-state index is -0.470. The first-order valence-corrected chi connectivity index (χ1v) is 9.34. The van der Waals surface area contributed by atoms with Crippen molar-refractivity contribution in [2.45, 2.75) is 71.1 Å². The molecule has 0 fully saturated rings. The zero-order chi connectivity index (χ0) is 20.3. The summed E-state index contributed by atoms with van der Waals surface area (Å²) < 4.78 is 0. The van der Waals surface area contributed by atoms with Gasteiger partial charge >= 0.3 is 0 Å². The Balaban J connectivity index is 4.48. The molecule has 0 aliphatic carbocycles. The van der Waals surface area contributed by atoms with Gasteiger partial charge in [-0.15, -0.1) is 0 Å². The Labute approximate surface area is 160 Å². The van der Waals surface area contributed by atoms with Gasteiger partial charge in [0, 0.05) is 6.42 Å². The number of carbonyl (C=O) groups excluding carboxylic acids is 1. The predicted octanol–water partition coefficient (Wildman–Crippen LogP) is 5.45. The third-order valence-electron chi connectivity index (χ3n) is 3.78. The molecule has 0 spiro atoms. The van der Waals surface area contributed by atoms with Crippen LogP contribution in [0.3, 0.4) is 0 Å². The second-order valence-electron chi connectivity index (χ2n) is 6.02. The van der Waals surface area contributed by atoms with Crippen LogP contribution in [0.1, 0.15) is 71.1 Å². The lowest BCUT2D eigenvalue weighted by molar-refractivity contribution is -0.427. The van der Waals surface area contributed by atoms with Crippen LogP contribution in [0.2, 0.25) is 0 Å². The summed E-state index contributed by atoms with van der Waals surface area (Å²) in [6.45, 7) is 2.14. The average Bonchev–Trinajstić information content (AvgIpc) is 2.63. The third-order valence-corrected chi connectivity index (χ3v) is 3.78. The quantitative estimate of drug-likeness (QED) is 0.154. The number of nitrogens with zero attached hydrogens (tertiary/aromatic N) is 2. The lowest BCUT2D eigenvalue weighted by atomic mass is 10.1. The fourth-order valence-electron chi connectivity index (χ4n) is 2.25. The minimum Gasteiger partial charge on any atom is -0.291 e. The van der Waals surface area contributed by atoms with Crippen molar-refractivity contribution in [1.29, 1.82) is 0 Å². The van der Waals surface area contributed by atoms with Gasteiger partial charge in [0.15, 0.2) is 6.29 Å². The van der Waals surface area contributed by atoms with Gasteiger partial charge in [-0.1, -0.05) is 44.1 Å². The van der Waals surface area contributed by atoms with Gasteiger partial charge in [-0.2, -0.15) is 0 Å². The largest absolute Gasteiger partial charge is 0.291 e. The molecule has 0 unspecified atom stereocenters. The van der Waals surface area contributed by atoms with E-state index >= 15 is 0 Å². The van der Waals surface area contributed by atoms with Crippen molar-refractivity contribution in [2.24, 2.45) is 0 Å². The normalized spacial score (nSPS) is 12.8. The zero-order valence-corrected chi connectivity index (χ0v) is 16.0. The molecular weight excluding hydrogens is 348 g/mol. The summed E-state index contributed by atoms with van der Waals surface area (Å²) in [5, 5.41) is 22.0. The molecule has 0 aromatic rings. The van der Waals surface area contributed by atoms with Crippen molar-refractivity contribution in [3.63, 3.8) is 0 Å². The molecule has 7 nitrogen and oxygen atoms in total. The van der Waals surface area contributed by atoms with Crippen molar-refractivity contribution in [2.75, 3.05) is 0 Å². The summed E-state index contributed by atoms with van der Waals surface area (Å²) in [6.07, 6.45) is 18.3. The molecule has 0 saturated carbocycles. The zero-order valence-electron chi connectivity index (χ0n) is 16.0. The first-order chi connectivity index (χ1) is 13.0. The summed E-state index contributed by atoms with van der Waals surface area (Å²) in [7, 11) is 0. The summed E-state index contributed by atoms with van der Waals surface area (Å²) in [4.78, 5) is 31.3. The standard InChI is InChI=1S/C20H29N2O5/c1-2-3-4-5-6-7-9-14-19(21(24)25)16-11-12-17-20(22(26)27)15-10-8-13-18-23/h6-7,11-12,14-15H,2-5,8-10,13,16-17H2,1H3/b7-6-,12-11-,19-14+,20-15+. The van der Waals surface area contributed by atoms with Crippen molar-refractivity contribution in [1.82, 2.24) is 0 Å². The van der Waals surface area contributed by atoms with Gasteiger partial charge in [-0.3, -0.25) is 25.0 Å². The highest BCUT2D eigenvalue weighted by Gasteiger charge is 2.09. The van der Waals surface area contributed by atoms with Crippen LogP contribution < -0.4 is 0 Å². The molecule has 1 radical (unpaired) electrons. The van der Waals surface area contributed by atoms with E-state index in [1.807, 2.05) is 12.2 Å². The number of allylic oxidation sites excluding steroid dienone is 6. The molecule has 0 aromatic heterocycles. The van der Waals surface area contributed by atoms with Crippen LogP contribution in [0, 0.1) is 20.2 Å². The topological polar surface area (TPSA) is 103 Å². The molecular formula is C20H29N2O5. The average molecular weight is 377 g/mol. The van der Waals surface area contributed by atoms with Gasteiger partial charge in [0.25, 0.3) is 0 Å². The Hall–Kier alpha value is -2.57. The number of rotatable bonds is 16. The Morgan fingerprint density at radius 3 is 2.04 bits per heavy atom. The second kappa shape index (κ2) is 16.9. The van der Waals surface area contributed by atoms with Gasteiger partial charge in [-0.25, -0.2) is 0 Å². The van der Waals surface area contributed by atoms with E-state index < -0.39 is 9.85 Å².